The van der Waals surface area contributed by atoms with Crippen LogP contribution in [0.5, 0.6) is 0 Å². The van der Waals surface area contributed by atoms with Crippen molar-refractivity contribution in [2.24, 2.45) is 5.92 Å². The minimum Gasteiger partial charge on any atom is -0.481 e. The molecule has 1 aromatic carbocycles. The highest BCUT2D eigenvalue weighted by Gasteiger charge is 2.41. The van der Waals surface area contributed by atoms with Crippen LogP contribution in [0.4, 0.5) is 8.78 Å². The summed E-state index contributed by atoms with van der Waals surface area (Å²) in [6, 6.07) is 6.09. The molecule has 2 atom stereocenters. The molecular weight excluding hydrogens is 358 g/mol. The summed E-state index contributed by atoms with van der Waals surface area (Å²) in [6.45, 7) is 0.00536. The normalized spacial score (nSPS) is 19.6. The van der Waals surface area contributed by atoms with Crippen molar-refractivity contribution >= 4 is 17.5 Å². The number of hydrogen-bond acceptors (Lipinski definition) is 4. The molecule has 0 aliphatic carbocycles. The Balaban J connectivity index is 1.64. The standard InChI is InChI=1S/C18H14F2N4O3/c19-12-3-11(4-13(20)6-12)14-7-24(8-15(14)18(26)27)17(25)10-1-2-23-9-21-22-16(23)5-10/h1-6,9,14-15H,7-8H2,(H,26,27)/t14-,15+/m0/s1. The van der Waals surface area contributed by atoms with E-state index in [9.17, 15) is 23.5 Å². The quantitative estimate of drug-likeness (QED) is 0.759. The molecule has 1 aliphatic rings. The van der Waals surface area contributed by atoms with E-state index < -0.39 is 29.4 Å². The van der Waals surface area contributed by atoms with Gasteiger partial charge in [-0.15, -0.1) is 10.2 Å². The van der Waals surface area contributed by atoms with Gasteiger partial charge in [0.05, 0.1) is 5.92 Å². The number of amides is 1. The lowest BCUT2D eigenvalue weighted by Gasteiger charge is -2.17. The van der Waals surface area contributed by atoms with E-state index in [2.05, 4.69) is 10.2 Å². The van der Waals surface area contributed by atoms with Gasteiger partial charge in [-0.05, 0) is 29.8 Å². The Morgan fingerprint density at radius 1 is 1.11 bits per heavy atom. The van der Waals surface area contributed by atoms with Gasteiger partial charge in [0.1, 0.15) is 18.0 Å². The molecule has 0 bridgehead atoms. The number of carboxylic acid groups (broad SMARTS) is 1. The van der Waals surface area contributed by atoms with E-state index in [4.69, 9.17) is 0 Å². The molecule has 0 radical (unpaired) electrons. The molecule has 27 heavy (non-hydrogen) atoms. The largest absolute Gasteiger partial charge is 0.481 e. The fraction of sp³-hybridized carbons (Fsp3) is 0.222. The van der Waals surface area contributed by atoms with E-state index in [0.29, 0.717) is 11.2 Å². The van der Waals surface area contributed by atoms with Crippen molar-refractivity contribution in [2.45, 2.75) is 5.92 Å². The molecule has 1 aliphatic heterocycles. The Bertz CT molecular complexity index is 1030. The zero-order valence-electron chi connectivity index (χ0n) is 13.9. The molecule has 3 heterocycles. The van der Waals surface area contributed by atoms with Crippen molar-refractivity contribution in [1.82, 2.24) is 19.5 Å². The number of carbonyl (C=O) groups is 2. The Morgan fingerprint density at radius 2 is 1.85 bits per heavy atom. The third-order valence-corrected chi connectivity index (χ3v) is 4.78. The van der Waals surface area contributed by atoms with E-state index in [1.807, 2.05) is 0 Å². The second kappa shape index (κ2) is 6.42. The van der Waals surface area contributed by atoms with E-state index >= 15 is 0 Å². The molecule has 9 heteroatoms. The summed E-state index contributed by atoms with van der Waals surface area (Å²) >= 11 is 0. The molecule has 2 aromatic heterocycles. The maximum absolute atomic E-state index is 13.6. The van der Waals surface area contributed by atoms with E-state index in [-0.39, 0.29) is 24.6 Å². The number of likely N-dealkylation sites (tertiary alicyclic amines) is 1. The molecule has 0 saturated carbocycles. The van der Waals surface area contributed by atoms with Gasteiger partial charge in [0.25, 0.3) is 5.91 Å². The highest BCUT2D eigenvalue weighted by Crippen LogP contribution is 2.34. The summed E-state index contributed by atoms with van der Waals surface area (Å²) in [5.41, 5.74) is 1.05. The molecular formula is C18H14F2N4O3. The predicted molar refractivity (Wildman–Crippen MR) is 89.1 cm³/mol. The minimum absolute atomic E-state index is 0.0468. The number of fused-ring (bicyclic) bond motifs is 1. The summed E-state index contributed by atoms with van der Waals surface area (Å²) in [6.07, 6.45) is 3.13. The van der Waals surface area contributed by atoms with Crippen molar-refractivity contribution in [3.63, 3.8) is 0 Å². The number of carboxylic acids is 1. The number of pyridine rings is 1. The average molecular weight is 372 g/mol. The number of aromatic nitrogens is 3. The SMILES string of the molecule is O=C(O)[C@@H]1CN(C(=O)c2ccn3cnnc3c2)C[C@H]1c1cc(F)cc(F)c1. The van der Waals surface area contributed by atoms with Crippen molar-refractivity contribution < 1.29 is 23.5 Å². The van der Waals surface area contributed by atoms with Gasteiger partial charge < -0.3 is 10.0 Å². The molecule has 7 nitrogen and oxygen atoms in total. The number of benzene rings is 1. The first-order valence-electron chi connectivity index (χ1n) is 8.20. The molecule has 138 valence electrons. The molecule has 1 amide bonds. The van der Waals surface area contributed by atoms with Crippen LogP contribution >= 0.6 is 0 Å². The lowest BCUT2D eigenvalue weighted by Crippen LogP contribution is -2.30. The maximum atomic E-state index is 13.6. The van der Waals surface area contributed by atoms with E-state index in [1.165, 1.54) is 11.2 Å². The minimum atomic E-state index is -1.12. The Hall–Kier alpha value is -3.36. The van der Waals surface area contributed by atoms with Gasteiger partial charge in [0, 0.05) is 36.8 Å². The van der Waals surface area contributed by atoms with Crippen LogP contribution in [0.25, 0.3) is 5.65 Å². The predicted octanol–water partition coefficient (Wildman–Crippen LogP) is 1.95. The van der Waals surface area contributed by atoms with E-state index in [0.717, 1.165) is 18.2 Å². The third-order valence-electron chi connectivity index (χ3n) is 4.78. The van der Waals surface area contributed by atoms with Crippen molar-refractivity contribution in [2.75, 3.05) is 13.1 Å². The first kappa shape index (κ1) is 17.1. The number of halogens is 2. The van der Waals surface area contributed by atoms with Crippen molar-refractivity contribution in [3.8, 4) is 0 Å². The summed E-state index contributed by atoms with van der Waals surface area (Å²) in [5.74, 6) is -4.70. The zero-order valence-corrected chi connectivity index (χ0v) is 13.9. The number of nitrogens with zero attached hydrogens (tertiary/aromatic N) is 4. The van der Waals surface area contributed by atoms with Crippen LogP contribution in [0, 0.1) is 17.6 Å². The molecule has 0 unspecified atom stereocenters. The second-order valence-electron chi connectivity index (χ2n) is 6.48. The molecule has 3 aromatic rings. The Morgan fingerprint density at radius 3 is 2.56 bits per heavy atom. The van der Waals surface area contributed by atoms with Gasteiger partial charge >= 0.3 is 5.97 Å². The van der Waals surface area contributed by atoms with Crippen molar-refractivity contribution in [1.29, 1.82) is 0 Å². The number of hydrogen-bond donors (Lipinski definition) is 1. The molecule has 1 fully saturated rings. The first-order chi connectivity index (χ1) is 12.9. The third kappa shape index (κ3) is 3.12. The lowest BCUT2D eigenvalue weighted by molar-refractivity contribution is -0.141. The summed E-state index contributed by atoms with van der Waals surface area (Å²) in [4.78, 5) is 25.9. The first-order valence-corrected chi connectivity index (χ1v) is 8.20. The molecule has 1 saturated heterocycles. The van der Waals surface area contributed by atoms with Gasteiger partial charge in [-0.1, -0.05) is 0 Å². The number of rotatable bonds is 3. The fourth-order valence-electron chi connectivity index (χ4n) is 3.48. The van der Waals surface area contributed by atoms with Crippen LogP contribution in [0.2, 0.25) is 0 Å². The monoisotopic (exact) mass is 372 g/mol. The number of carbonyl (C=O) groups excluding carboxylic acids is 1. The molecule has 4 rings (SSSR count). The highest BCUT2D eigenvalue weighted by atomic mass is 19.1. The highest BCUT2D eigenvalue weighted by molar-refractivity contribution is 5.95. The topological polar surface area (TPSA) is 87.8 Å². The lowest BCUT2D eigenvalue weighted by atomic mass is 9.89. The van der Waals surface area contributed by atoms with Gasteiger partial charge in [-0.3, -0.25) is 14.0 Å². The van der Waals surface area contributed by atoms with Crippen LogP contribution in [0.15, 0.2) is 42.9 Å². The zero-order chi connectivity index (χ0) is 19.1. The van der Waals surface area contributed by atoms with Gasteiger partial charge in [-0.2, -0.15) is 0 Å². The van der Waals surface area contributed by atoms with Gasteiger partial charge in [-0.25, -0.2) is 8.78 Å². The van der Waals surface area contributed by atoms with Gasteiger partial charge in [0.2, 0.25) is 0 Å². The Labute approximate surface area is 151 Å². The van der Waals surface area contributed by atoms with Crippen molar-refractivity contribution in [3.05, 3.63) is 65.6 Å². The van der Waals surface area contributed by atoms with Crippen LogP contribution in [-0.2, 0) is 4.79 Å². The summed E-state index contributed by atoms with van der Waals surface area (Å²) < 4.78 is 28.8. The molecule has 0 spiro atoms. The summed E-state index contributed by atoms with van der Waals surface area (Å²) in [7, 11) is 0. The van der Waals surface area contributed by atoms with Crippen LogP contribution in [0.3, 0.4) is 0 Å². The molecule has 1 N–H and O–H groups in total. The maximum Gasteiger partial charge on any atom is 0.308 e. The fourth-order valence-corrected chi connectivity index (χ4v) is 3.48. The smallest absolute Gasteiger partial charge is 0.308 e. The summed E-state index contributed by atoms with van der Waals surface area (Å²) in [5, 5.41) is 17.1. The van der Waals surface area contributed by atoms with Gasteiger partial charge in [0.15, 0.2) is 5.65 Å². The van der Waals surface area contributed by atoms with E-state index in [1.54, 1.807) is 22.7 Å². The number of aliphatic carboxylic acids is 1. The van der Waals surface area contributed by atoms with Crippen LogP contribution in [-0.4, -0.2) is 49.6 Å². The van der Waals surface area contributed by atoms with Crippen LogP contribution in [0.1, 0.15) is 21.8 Å². The second-order valence-corrected chi connectivity index (χ2v) is 6.48. The average Bonchev–Trinajstić information content (AvgIpc) is 3.26. The Kier molecular flexibility index (Phi) is 4.06. The van der Waals surface area contributed by atoms with Crippen LogP contribution < -0.4 is 0 Å².